The number of fused-ring (bicyclic) bond motifs is 5. The number of hydrogen-bond donors (Lipinski definition) is 2. The minimum absolute atomic E-state index is 0.0662. The Labute approximate surface area is 298 Å². The van der Waals surface area contributed by atoms with Crippen LogP contribution in [0, 0.1) is 51.8 Å². The Balaban J connectivity index is 1.40. The van der Waals surface area contributed by atoms with Crippen LogP contribution in [0.2, 0.25) is 0 Å². The van der Waals surface area contributed by atoms with Crippen molar-refractivity contribution in [1.82, 2.24) is 0 Å². The maximum absolute atomic E-state index is 13.7. The molecule has 0 spiro atoms. The third-order valence-corrected chi connectivity index (χ3v) is 13.2. The molecule has 0 aliphatic heterocycles. The van der Waals surface area contributed by atoms with Crippen LogP contribution in [0.3, 0.4) is 0 Å². The summed E-state index contributed by atoms with van der Waals surface area (Å²) in [6.45, 7) is 12.7. The maximum atomic E-state index is 13.7. The Morgan fingerprint density at radius 3 is 2.04 bits per heavy atom. The maximum Gasteiger partial charge on any atom is 0.319 e. The third-order valence-electron chi connectivity index (χ3n) is 13.2. The second kappa shape index (κ2) is 16.6. The lowest BCUT2D eigenvalue weighted by Crippen LogP contribution is -2.51. The number of allylic oxidation sites excluding steroid dienone is 1. The summed E-state index contributed by atoms with van der Waals surface area (Å²) in [5, 5.41) is 17.8. The highest BCUT2D eigenvalue weighted by Crippen LogP contribution is 2.67. The van der Waals surface area contributed by atoms with Gasteiger partial charge in [0.1, 0.15) is 24.7 Å². The average molecular weight is 703 g/mol. The second-order valence-corrected chi connectivity index (χ2v) is 17.2. The normalized spacial score (nSPS) is 31.0. The van der Waals surface area contributed by atoms with Crippen LogP contribution in [0.25, 0.3) is 0 Å². The van der Waals surface area contributed by atoms with E-state index in [1.54, 1.807) is 0 Å². The van der Waals surface area contributed by atoms with Crippen molar-refractivity contribution in [3.8, 4) is 0 Å². The summed E-state index contributed by atoms with van der Waals surface area (Å²) in [5.74, 6) is -0.183. The molecule has 10 nitrogen and oxygen atoms in total. The van der Waals surface area contributed by atoms with Crippen LogP contribution in [0.5, 0.6) is 0 Å². The smallest absolute Gasteiger partial charge is 0.319 e. The third kappa shape index (κ3) is 9.30. The first kappa shape index (κ1) is 39.9. The molecular weight excluding hydrogens is 640 g/mol. The number of hydrogen-bond acceptors (Lipinski definition) is 8. The fourth-order valence-corrected chi connectivity index (χ4v) is 10.2. The van der Waals surface area contributed by atoms with Crippen LogP contribution < -0.4 is 0 Å². The molecule has 3 saturated carbocycles. The Morgan fingerprint density at radius 2 is 1.46 bits per heavy atom. The van der Waals surface area contributed by atoms with Gasteiger partial charge in [-0.25, -0.2) is 0 Å². The molecule has 282 valence electrons. The van der Waals surface area contributed by atoms with E-state index in [2.05, 4.69) is 40.7 Å². The summed E-state index contributed by atoms with van der Waals surface area (Å²) < 4.78 is 16.6. The van der Waals surface area contributed by atoms with Crippen LogP contribution in [0.1, 0.15) is 138 Å². The first-order valence-electron chi connectivity index (χ1n) is 19.1. The highest BCUT2D eigenvalue weighted by molar-refractivity contribution is 5.80. The van der Waals surface area contributed by atoms with E-state index in [-0.39, 0.29) is 24.4 Å². The van der Waals surface area contributed by atoms with Gasteiger partial charge in [0.15, 0.2) is 0 Å². The van der Waals surface area contributed by atoms with Crippen molar-refractivity contribution in [3.05, 3.63) is 11.6 Å². The molecule has 0 aromatic rings. The monoisotopic (exact) mass is 702 g/mol. The molecule has 4 rings (SSSR count). The van der Waals surface area contributed by atoms with Crippen LogP contribution in [0.15, 0.2) is 11.6 Å². The lowest BCUT2D eigenvalue weighted by atomic mass is 9.47. The van der Waals surface area contributed by atoms with Crippen molar-refractivity contribution < 1.29 is 48.4 Å². The van der Waals surface area contributed by atoms with Gasteiger partial charge in [0.25, 0.3) is 0 Å². The Kier molecular flexibility index (Phi) is 13.3. The molecule has 50 heavy (non-hydrogen) atoms. The molecular formula is C40H62O10. The Bertz CT molecular complexity index is 1250. The molecule has 0 aromatic heterocycles. The summed E-state index contributed by atoms with van der Waals surface area (Å²) in [5.41, 5.74) is 0.288. The number of carbonyl (C=O) groups is 5. The number of esters is 3. The zero-order valence-corrected chi connectivity index (χ0v) is 31.3. The molecule has 0 amide bonds. The van der Waals surface area contributed by atoms with E-state index in [0.717, 1.165) is 36.5 Å². The van der Waals surface area contributed by atoms with Crippen LogP contribution in [0.4, 0.5) is 0 Å². The number of carboxylic acids is 2. The fraction of sp³-hybridized carbons (Fsp3) is 0.825. The van der Waals surface area contributed by atoms with Gasteiger partial charge < -0.3 is 24.4 Å². The van der Waals surface area contributed by atoms with E-state index >= 15 is 0 Å². The average Bonchev–Trinajstić information content (AvgIpc) is 3.41. The van der Waals surface area contributed by atoms with E-state index in [0.29, 0.717) is 30.1 Å². The van der Waals surface area contributed by atoms with Gasteiger partial charge >= 0.3 is 29.8 Å². The van der Waals surface area contributed by atoms with Crippen molar-refractivity contribution >= 4 is 29.8 Å². The quantitative estimate of drug-likeness (QED) is 0.0873. The molecule has 4 aliphatic carbocycles. The first-order chi connectivity index (χ1) is 23.5. The van der Waals surface area contributed by atoms with Crippen LogP contribution >= 0.6 is 0 Å². The minimum Gasteiger partial charge on any atom is -0.481 e. The summed E-state index contributed by atoms with van der Waals surface area (Å²) in [7, 11) is 0. The molecule has 4 aliphatic rings. The molecule has 0 unspecified atom stereocenters. The molecule has 3 fully saturated rings. The first-order valence-corrected chi connectivity index (χ1v) is 19.1. The van der Waals surface area contributed by atoms with E-state index in [1.165, 1.54) is 57.4 Å². The molecule has 2 N–H and O–H groups in total. The predicted octanol–water partition coefficient (Wildman–Crippen LogP) is 7.76. The zero-order chi connectivity index (χ0) is 36.9. The number of ether oxygens (including phenoxy) is 3. The van der Waals surface area contributed by atoms with Crippen molar-refractivity contribution in [2.45, 2.75) is 144 Å². The SMILES string of the molecule is CC(C)CCC[C@H](C)[C@H]1CC[C@@H]2[C@H]3CC=C4C[C@@H](OC(=O)C(C)(COC(=O)CCC(=O)O)COC(=O)CCC(=O)O)CC[C@]4(C)[C@@H]3CC[C@@]21C. The van der Waals surface area contributed by atoms with Gasteiger partial charge in [0, 0.05) is 6.42 Å². The highest BCUT2D eigenvalue weighted by Gasteiger charge is 2.59. The number of carboxylic acid groups (broad SMARTS) is 2. The molecule has 0 saturated heterocycles. The van der Waals surface area contributed by atoms with Crippen LogP contribution in [-0.2, 0) is 38.2 Å². The Morgan fingerprint density at radius 1 is 0.840 bits per heavy atom. The lowest BCUT2D eigenvalue weighted by Gasteiger charge is -2.58. The number of rotatable bonds is 17. The molecule has 0 radical (unpaired) electrons. The van der Waals surface area contributed by atoms with Crippen molar-refractivity contribution in [3.63, 3.8) is 0 Å². The fourth-order valence-electron chi connectivity index (χ4n) is 10.2. The van der Waals surface area contributed by atoms with Gasteiger partial charge in [0.05, 0.1) is 25.7 Å². The topological polar surface area (TPSA) is 154 Å². The number of aliphatic carboxylic acids is 2. The standard InChI is InChI=1S/C40H62O10/c1-25(2)8-7-9-26(3)30-12-13-31-29-11-10-27-22-28(18-20-39(27,5)32(29)19-21-40(30,31)6)50-37(47)38(4,23-48-35(45)16-14-33(41)42)24-49-36(46)17-15-34(43)44/h10,25-26,28-32H,7-9,11-24H2,1-6H3,(H,41,42)(H,43,44)/t26-,28-,29+,30+,31+,32+,39-,40+/m0/s1. The summed E-state index contributed by atoms with van der Waals surface area (Å²) in [6, 6.07) is 0. The van der Waals surface area contributed by atoms with E-state index in [1.807, 2.05) is 0 Å². The van der Waals surface area contributed by atoms with Crippen molar-refractivity contribution in [2.75, 3.05) is 13.2 Å². The van der Waals surface area contributed by atoms with Gasteiger partial charge in [-0.1, -0.05) is 65.5 Å². The highest BCUT2D eigenvalue weighted by atomic mass is 16.6. The van der Waals surface area contributed by atoms with Gasteiger partial charge in [-0.2, -0.15) is 0 Å². The molecule has 8 atom stereocenters. The van der Waals surface area contributed by atoms with Gasteiger partial charge in [0.2, 0.25) is 0 Å². The second-order valence-electron chi connectivity index (χ2n) is 17.2. The number of carbonyl (C=O) groups excluding carboxylic acids is 3. The minimum atomic E-state index is -1.55. The van der Waals surface area contributed by atoms with E-state index < -0.39 is 61.3 Å². The summed E-state index contributed by atoms with van der Waals surface area (Å²) in [4.78, 5) is 59.9. The predicted molar refractivity (Wildman–Crippen MR) is 187 cm³/mol. The van der Waals surface area contributed by atoms with Crippen LogP contribution in [-0.4, -0.2) is 59.4 Å². The van der Waals surface area contributed by atoms with Gasteiger partial charge in [-0.05, 0) is 98.2 Å². The lowest BCUT2D eigenvalue weighted by molar-refractivity contribution is -0.176. The van der Waals surface area contributed by atoms with Crippen molar-refractivity contribution in [2.24, 2.45) is 51.8 Å². The van der Waals surface area contributed by atoms with Crippen molar-refractivity contribution in [1.29, 1.82) is 0 Å². The van der Waals surface area contributed by atoms with E-state index in [4.69, 9.17) is 24.4 Å². The molecule has 0 heterocycles. The zero-order valence-electron chi connectivity index (χ0n) is 31.3. The largest absolute Gasteiger partial charge is 0.481 e. The van der Waals surface area contributed by atoms with Gasteiger partial charge in [-0.15, -0.1) is 0 Å². The molecule has 0 aromatic carbocycles. The molecule has 10 heteroatoms. The Hall–Kier alpha value is -2.91. The van der Waals surface area contributed by atoms with E-state index in [9.17, 15) is 24.0 Å². The molecule has 0 bridgehead atoms. The summed E-state index contributed by atoms with van der Waals surface area (Å²) >= 11 is 0. The van der Waals surface area contributed by atoms with Gasteiger partial charge in [-0.3, -0.25) is 24.0 Å². The summed E-state index contributed by atoms with van der Waals surface area (Å²) in [6.07, 6.45) is 13.0.